The van der Waals surface area contributed by atoms with Gasteiger partial charge < -0.3 is 4.90 Å². The number of aromatic nitrogens is 2. The van der Waals surface area contributed by atoms with E-state index in [4.69, 9.17) is 0 Å². The quantitative estimate of drug-likeness (QED) is 0.846. The summed E-state index contributed by atoms with van der Waals surface area (Å²) in [5.41, 5.74) is 4.03. The summed E-state index contributed by atoms with van der Waals surface area (Å²) in [7, 11) is 0.125. The molecule has 1 aliphatic carbocycles. The number of H-pyrrole nitrogens is 1. The average molecular weight is 326 g/mol. The molecule has 1 N–H and O–H groups in total. The average Bonchev–Trinajstić information content (AvgIpc) is 3.25. The number of nitrogens with zero attached hydrogens (tertiary/aromatic N) is 3. The predicted octanol–water partition coefficient (Wildman–Crippen LogP) is 0.969. The highest BCUT2D eigenvalue weighted by Gasteiger charge is 2.31. The third-order valence-electron chi connectivity index (χ3n) is 4.74. The molecule has 1 aliphatic heterocycles. The maximum atomic E-state index is 11.8. The van der Waals surface area contributed by atoms with Gasteiger partial charge in [-0.1, -0.05) is 0 Å². The summed E-state index contributed by atoms with van der Waals surface area (Å²) in [6, 6.07) is 0. The topological polar surface area (TPSA) is 69.3 Å². The van der Waals surface area contributed by atoms with Crippen molar-refractivity contribution in [1.82, 2.24) is 19.4 Å². The van der Waals surface area contributed by atoms with Crippen molar-refractivity contribution in [2.24, 2.45) is 0 Å². The Morgan fingerprint density at radius 3 is 2.68 bits per heavy atom. The fourth-order valence-corrected chi connectivity index (χ4v) is 3.98. The molecule has 0 spiro atoms. The molecule has 0 radical (unpaired) electrons. The smallest absolute Gasteiger partial charge is 0.213 e. The number of hydrogen-bond acceptors (Lipinski definition) is 4. The lowest BCUT2D eigenvalue weighted by Gasteiger charge is -2.20. The number of hydrogen-bond donors (Lipinski definition) is 1. The van der Waals surface area contributed by atoms with Gasteiger partial charge in [-0.2, -0.15) is 5.10 Å². The number of sulfonamides is 1. The first kappa shape index (κ1) is 16.0. The van der Waals surface area contributed by atoms with E-state index in [0.29, 0.717) is 12.3 Å². The second-order valence-corrected chi connectivity index (χ2v) is 8.94. The van der Waals surface area contributed by atoms with Gasteiger partial charge in [-0.3, -0.25) is 5.10 Å². The van der Waals surface area contributed by atoms with Crippen molar-refractivity contribution in [3.05, 3.63) is 17.0 Å². The molecular formula is C15H26N4O2S. The van der Waals surface area contributed by atoms with Crippen LogP contribution in [0.4, 0.5) is 0 Å². The largest absolute Gasteiger partial charge is 0.303 e. The van der Waals surface area contributed by atoms with Gasteiger partial charge in [-0.25, -0.2) is 12.7 Å². The van der Waals surface area contributed by atoms with E-state index in [1.807, 2.05) is 0 Å². The highest BCUT2D eigenvalue weighted by atomic mass is 32.2. The maximum absolute atomic E-state index is 11.8. The molecule has 2 heterocycles. The zero-order valence-corrected chi connectivity index (χ0v) is 14.3. The van der Waals surface area contributed by atoms with Crippen LogP contribution in [0.2, 0.25) is 0 Å². The van der Waals surface area contributed by atoms with Gasteiger partial charge in [0.1, 0.15) is 0 Å². The van der Waals surface area contributed by atoms with Crippen molar-refractivity contribution in [2.75, 3.05) is 39.5 Å². The van der Waals surface area contributed by atoms with Crippen LogP contribution in [0, 0.1) is 0 Å². The molecule has 6 nitrogen and oxygen atoms in total. The molecule has 0 bridgehead atoms. The van der Waals surface area contributed by atoms with Gasteiger partial charge in [0.15, 0.2) is 0 Å². The second kappa shape index (κ2) is 6.29. The first-order valence-electron chi connectivity index (χ1n) is 8.16. The monoisotopic (exact) mass is 326 g/mol. The number of aromatic amines is 1. The van der Waals surface area contributed by atoms with E-state index in [1.165, 1.54) is 34.1 Å². The van der Waals surface area contributed by atoms with Crippen LogP contribution in [0.25, 0.3) is 0 Å². The molecule has 2 aliphatic rings. The number of nitrogens with one attached hydrogen (secondary N) is 1. The summed E-state index contributed by atoms with van der Waals surface area (Å²) in [6.45, 7) is 2.85. The van der Waals surface area contributed by atoms with E-state index in [9.17, 15) is 8.42 Å². The normalized spacial score (nSPS) is 20.1. The molecule has 124 valence electrons. The van der Waals surface area contributed by atoms with E-state index < -0.39 is 10.0 Å². The molecule has 3 rings (SSSR count). The van der Waals surface area contributed by atoms with Crippen LogP contribution >= 0.6 is 0 Å². The molecule has 0 unspecified atom stereocenters. The van der Waals surface area contributed by atoms with Crippen molar-refractivity contribution in [3.63, 3.8) is 0 Å². The van der Waals surface area contributed by atoms with Gasteiger partial charge in [0.2, 0.25) is 10.0 Å². The molecule has 0 saturated heterocycles. The Bertz CT molecular complexity index is 619. The van der Waals surface area contributed by atoms with Crippen molar-refractivity contribution >= 4 is 10.0 Å². The van der Waals surface area contributed by atoms with Gasteiger partial charge in [0.25, 0.3) is 0 Å². The number of rotatable bonds is 6. The first-order chi connectivity index (χ1) is 10.5. The summed E-state index contributed by atoms with van der Waals surface area (Å²) < 4.78 is 24.9. The van der Waals surface area contributed by atoms with Gasteiger partial charge in [0.05, 0.1) is 11.4 Å². The third kappa shape index (κ3) is 3.52. The van der Waals surface area contributed by atoms with Gasteiger partial charge in [-0.05, 0) is 37.8 Å². The van der Waals surface area contributed by atoms with Crippen molar-refractivity contribution < 1.29 is 8.42 Å². The Morgan fingerprint density at radius 2 is 2.00 bits per heavy atom. The highest BCUT2D eigenvalue weighted by molar-refractivity contribution is 7.89. The van der Waals surface area contributed by atoms with Crippen LogP contribution in [0.15, 0.2) is 0 Å². The van der Waals surface area contributed by atoms with E-state index in [2.05, 4.69) is 15.1 Å². The molecule has 0 amide bonds. The fourth-order valence-electron chi connectivity index (χ4n) is 3.13. The molecule has 7 heteroatoms. The summed E-state index contributed by atoms with van der Waals surface area (Å²) in [4.78, 5) is 2.38. The van der Waals surface area contributed by atoms with E-state index in [1.54, 1.807) is 14.1 Å². The summed E-state index contributed by atoms with van der Waals surface area (Å²) in [5.74, 6) is 0.924. The van der Waals surface area contributed by atoms with E-state index in [0.717, 1.165) is 32.5 Å². The minimum Gasteiger partial charge on any atom is -0.303 e. The van der Waals surface area contributed by atoms with Gasteiger partial charge in [-0.15, -0.1) is 0 Å². The van der Waals surface area contributed by atoms with Crippen LogP contribution in [-0.4, -0.2) is 67.3 Å². The summed E-state index contributed by atoms with van der Waals surface area (Å²) >= 11 is 0. The van der Waals surface area contributed by atoms with Gasteiger partial charge >= 0.3 is 0 Å². The third-order valence-corrected chi connectivity index (χ3v) is 6.66. The highest BCUT2D eigenvalue weighted by Crippen LogP contribution is 2.41. The molecular weight excluding hydrogens is 300 g/mol. The van der Waals surface area contributed by atoms with Crippen LogP contribution in [0.3, 0.4) is 0 Å². The standard InChI is InChI=1S/C15H26N4O2S/c1-18(2)22(20,21)11-3-8-19-9-6-13-14(7-10-19)16-17-15(13)12-4-5-12/h12H,3-11H2,1-2H3,(H,16,17). The summed E-state index contributed by atoms with van der Waals surface area (Å²) in [6.07, 6.45) is 5.29. The van der Waals surface area contributed by atoms with Crippen LogP contribution in [0.1, 0.15) is 42.1 Å². The Hall–Kier alpha value is -0.920. The zero-order chi connectivity index (χ0) is 15.7. The minimum atomic E-state index is -3.07. The fraction of sp³-hybridized carbons (Fsp3) is 0.800. The second-order valence-electron chi connectivity index (χ2n) is 6.63. The predicted molar refractivity (Wildman–Crippen MR) is 86.5 cm³/mol. The molecule has 0 aromatic carbocycles. The first-order valence-corrected chi connectivity index (χ1v) is 9.77. The van der Waals surface area contributed by atoms with E-state index in [-0.39, 0.29) is 5.75 Å². The van der Waals surface area contributed by atoms with Crippen molar-refractivity contribution in [3.8, 4) is 0 Å². The summed E-state index contributed by atoms with van der Waals surface area (Å²) in [5, 5.41) is 7.74. The van der Waals surface area contributed by atoms with Crippen LogP contribution < -0.4 is 0 Å². The molecule has 1 saturated carbocycles. The maximum Gasteiger partial charge on any atom is 0.213 e. The Labute approximate surface area is 132 Å². The van der Waals surface area contributed by atoms with Crippen molar-refractivity contribution in [1.29, 1.82) is 0 Å². The van der Waals surface area contributed by atoms with Gasteiger partial charge in [0, 0.05) is 45.2 Å². The Morgan fingerprint density at radius 1 is 1.27 bits per heavy atom. The molecule has 1 fully saturated rings. The Kier molecular flexibility index (Phi) is 4.56. The lowest BCUT2D eigenvalue weighted by Crippen LogP contribution is -2.31. The molecule has 22 heavy (non-hydrogen) atoms. The van der Waals surface area contributed by atoms with Crippen LogP contribution in [-0.2, 0) is 22.9 Å². The van der Waals surface area contributed by atoms with Crippen molar-refractivity contribution in [2.45, 2.75) is 38.0 Å². The number of fused-ring (bicyclic) bond motifs is 1. The zero-order valence-electron chi connectivity index (χ0n) is 13.5. The molecule has 1 aromatic heterocycles. The molecule has 0 atom stereocenters. The lowest BCUT2D eigenvalue weighted by molar-refractivity contribution is 0.287. The Balaban J connectivity index is 1.52. The SMILES string of the molecule is CN(C)S(=O)(=O)CCCN1CCc2[nH]nc(C3CC3)c2CC1. The molecule has 1 aromatic rings. The van der Waals surface area contributed by atoms with Crippen LogP contribution in [0.5, 0.6) is 0 Å². The lowest BCUT2D eigenvalue weighted by atomic mass is 10.1. The van der Waals surface area contributed by atoms with E-state index >= 15 is 0 Å². The minimum absolute atomic E-state index is 0.233.